The standard InChI is InChI=1S/C12H18N2O/c1-12(2)4-3-10-8(6-12)5-9(7-13)11(15)14-10/h5H,3-4,6-7,13H2,1-2H3,(H,14,15). The molecule has 0 bridgehead atoms. The molecular formula is C12H18N2O. The van der Waals surface area contributed by atoms with Crippen molar-refractivity contribution in [1.29, 1.82) is 0 Å². The van der Waals surface area contributed by atoms with Crippen molar-refractivity contribution >= 4 is 0 Å². The highest BCUT2D eigenvalue weighted by molar-refractivity contribution is 5.28. The number of aryl methyl sites for hydroxylation is 1. The summed E-state index contributed by atoms with van der Waals surface area (Å²) >= 11 is 0. The van der Waals surface area contributed by atoms with Gasteiger partial charge in [-0.1, -0.05) is 13.8 Å². The predicted octanol–water partition coefficient (Wildman–Crippen LogP) is 1.35. The maximum Gasteiger partial charge on any atom is 0.252 e. The summed E-state index contributed by atoms with van der Waals surface area (Å²) in [6, 6.07) is 1.98. The lowest BCUT2D eigenvalue weighted by molar-refractivity contribution is 0.312. The molecule has 0 unspecified atom stereocenters. The molecule has 0 fully saturated rings. The topological polar surface area (TPSA) is 58.9 Å². The molecule has 1 aromatic rings. The van der Waals surface area contributed by atoms with Gasteiger partial charge in [0.05, 0.1) is 0 Å². The number of aromatic amines is 1. The number of aromatic nitrogens is 1. The Hall–Kier alpha value is -1.09. The summed E-state index contributed by atoms with van der Waals surface area (Å²) in [5.41, 5.74) is 8.94. The highest BCUT2D eigenvalue weighted by Crippen LogP contribution is 2.33. The zero-order chi connectivity index (χ0) is 11.1. The Kier molecular flexibility index (Phi) is 2.43. The number of hydrogen-bond donors (Lipinski definition) is 2. The Labute approximate surface area is 89.7 Å². The Bertz CT molecular complexity index is 432. The molecule has 3 nitrogen and oxygen atoms in total. The molecule has 0 spiro atoms. The number of H-pyrrole nitrogens is 1. The van der Waals surface area contributed by atoms with Gasteiger partial charge in [0.1, 0.15) is 0 Å². The summed E-state index contributed by atoms with van der Waals surface area (Å²) in [6.07, 6.45) is 3.15. The van der Waals surface area contributed by atoms with Gasteiger partial charge in [-0.05, 0) is 36.3 Å². The minimum absolute atomic E-state index is 0.0176. The fourth-order valence-corrected chi connectivity index (χ4v) is 2.26. The lowest BCUT2D eigenvalue weighted by Crippen LogP contribution is -2.27. The van der Waals surface area contributed by atoms with Crippen LogP contribution in [0.15, 0.2) is 10.9 Å². The van der Waals surface area contributed by atoms with Crippen LogP contribution in [0.1, 0.15) is 37.1 Å². The van der Waals surface area contributed by atoms with Gasteiger partial charge in [-0.2, -0.15) is 0 Å². The molecule has 2 rings (SSSR count). The molecule has 1 heterocycles. The van der Waals surface area contributed by atoms with Crippen LogP contribution in [-0.2, 0) is 19.4 Å². The summed E-state index contributed by atoms with van der Waals surface area (Å²) in [7, 11) is 0. The van der Waals surface area contributed by atoms with E-state index in [4.69, 9.17) is 5.73 Å². The highest BCUT2D eigenvalue weighted by Gasteiger charge is 2.25. The Morgan fingerprint density at radius 2 is 2.27 bits per heavy atom. The molecule has 0 saturated carbocycles. The zero-order valence-corrected chi connectivity index (χ0v) is 9.39. The molecule has 1 aliphatic rings. The van der Waals surface area contributed by atoms with Crippen molar-refractivity contribution in [3.8, 4) is 0 Å². The van der Waals surface area contributed by atoms with E-state index in [0.717, 1.165) is 25.0 Å². The summed E-state index contributed by atoms with van der Waals surface area (Å²) in [5, 5.41) is 0. The molecule has 0 amide bonds. The fraction of sp³-hybridized carbons (Fsp3) is 0.583. The predicted molar refractivity (Wildman–Crippen MR) is 60.8 cm³/mol. The second-order valence-corrected chi connectivity index (χ2v) is 5.17. The molecule has 0 aromatic carbocycles. The Balaban J connectivity index is 2.46. The first-order chi connectivity index (χ1) is 7.02. The molecular weight excluding hydrogens is 188 g/mol. The molecule has 0 aliphatic heterocycles. The lowest BCUT2D eigenvalue weighted by atomic mass is 9.76. The van der Waals surface area contributed by atoms with Crippen molar-refractivity contribution in [3.63, 3.8) is 0 Å². The molecule has 15 heavy (non-hydrogen) atoms. The van der Waals surface area contributed by atoms with Crippen LogP contribution < -0.4 is 11.3 Å². The second kappa shape index (κ2) is 3.49. The van der Waals surface area contributed by atoms with E-state index in [1.807, 2.05) is 6.07 Å². The monoisotopic (exact) mass is 206 g/mol. The normalized spacial score (nSPS) is 18.6. The number of rotatable bonds is 1. The van der Waals surface area contributed by atoms with E-state index in [9.17, 15) is 4.79 Å². The van der Waals surface area contributed by atoms with E-state index >= 15 is 0 Å². The SMILES string of the molecule is CC1(C)CCc2[nH]c(=O)c(CN)cc2C1. The fourth-order valence-electron chi connectivity index (χ4n) is 2.26. The molecule has 3 heteroatoms. The third kappa shape index (κ3) is 1.97. The largest absolute Gasteiger partial charge is 0.326 e. The van der Waals surface area contributed by atoms with E-state index in [1.54, 1.807) is 0 Å². The van der Waals surface area contributed by atoms with Gasteiger partial charge in [0.25, 0.3) is 5.56 Å². The average Bonchev–Trinajstić information content (AvgIpc) is 2.17. The minimum Gasteiger partial charge on any atom is -0.326 e. The quantitative estimate of drug-likeness (QED) is 0.728. The summed E-state index contributed by atoms with van der Waals surface area (Å²) in [5.74, 6) is 0. The minimum atomic E-state index is -0.0176. The van der Waals surface area contributed by atoms with Gasteiger partial charge in [0.2, 0.25) is 0 Å². The van der Waals surface area contributed by atoms with Crippen molar-refractivity contribution in [1.82, 2.24) is 4.98 Å². The summed E-state index contributed by atoms with van der Waals surface area (Å²) in [6.45, 7) is 4.86. The van der Waals surface area contributed by atoms with Crippen LogP contribution in [0.4, 0.5) is 0 Å². The van der Waals surface area contributed by atoms with Crippen molar-refractivity contribution < 1.29 is 0 Å². The van der Waals surface area contributed by atoms with Crippen molar-refractivity contribution in [2.45, 2.75) is 39.7 Å². The highest BCUT2D eigenvalue weighted by atomic mass is 16.1. The molecule has 1 aromatic heterocycles. The van der Waals surface area contributed by atoms with Gasteiger partial charge in [-0.3, -0.25) is 4.79 Å². The first-order valence-electron chi connectivity index (χ1n) is 5.46. The number of nitrogens with two attached hydrogens (primary N) is 1. The van der Waals surface area contributed by atoms with Crippen molar-refractivity contribution in [3.05, 3.63) is 33.2 Å². The van der Waals surface area contributed by atoms with Gasteiger partial charge in [0, 0.05) is 17.8 Å². The van der Waals surface area contributed by atoms with Crippen LogP contribution in [0.5, 0.6) is 0 Å². The molecule has 82 valence electrons. The van der Waals surface area contributed by atoms with E-state index < -0.39 is 0 Å². The molecule has 0 atom stereocenters. The second-order valence-electron chi connectivity index (χ2n) is 5.17. The van der Waals surface area contributed by atoms with Gasteiger partial charge in [-0.25, -0.2) is 0 Å². The van der Waals surface area contributed by atoms with E-state index in [-0.39, 0.29) is 5.56 Å². The van der Waals surface area contributed by atoms with Gasteiger partial charge >= 0.3 is 0 Å². The third-order valence-electron chi connectivity index (χ3n) is 3.23. The van der Waals surface area contributed by atoms with Crippen LogP contribution >= 0.6 is 0 Å². The number of fused-ring (bicyclic) bond motifs is 1. The van der Waals surface area contributed by atoms with Gasteiger partial charge in [-0.15, -0.1) is 0 Å². The van der Waals surface area contributed by atoms with E-state index in [1.165, 1.54) is 5.56 Å². The molecule has 0 radical (unpaired) electrons. The molecule has 0 saturated heterocycles. The smallest absolute Gasteiger partial charge is 0.252 e. The first kappa shape index (κ1) is 10.4. The van der Waals surface area contributed by atoms with Crippen LogP contribution in [0.2, 0.25) is 0 Å². The first-order valence-corrected chi connectivity index (χ1v) is 5.46. The molecule has 3 N–H and O–H groups in total. The van der Waals surface area contributed by atoms with Crippen LogP contribution in [0, 0.1) is 5.41 Å². The summed E-state index contributed by atoms with van der Waals surface area (Å²) < 4.78 is 0. The average molecular weight is 206 g/mol. The van der Waals surface area contributed by atoms with E-state index in [0.29, 0.717) is 17.5 Å². The van der Waals surface area contributed by atoms with Crippen LogP contribution in [0.3, 0.4) is 0 Å². The third-order valence-corrected chi connectivity index (χ3v) is 3.23. The molecule has 1 aliphatic carbocycles. The number of hydrogen-bond acceptors (Lipinski definition) is 2. The zero-order valence-electron chi connectivity index (χ0n) is 9.39. The van der Waals surface area contributed by atoms with Gasteiger partial charge < -0.3 is 10.7 Å². The number of pyridine rings is 1. The Morgan fingerprint density at radius 1 is 1.53 bits per heavy atom. The maximum atomic E-state index is 11.5. The van der Waals surface area contributed by atoms with Crippen molar-refractivity contribution in [2.75, 3.05) is 0 Å². The number of nitrogens with one attached hydrogen (secondary N) is 1. The van der Waals surface area contributed by atoms with Crippen LogP contribution in [-0.4, -0.2) is 4.98 Å². The van der Waals surface area contributed by atoms with Crippen LogP contribution in [0.25, 0.3) is 0 Å². The lowest BCUT2D eigenvalue weighted by Gasteiger charge is -2.31. The van der Waals surface area contributed by atoms with Crippen molar-refractivity contribution in [2.24, 2.45) is 11.1 Å². The Morgan fingerprint density at radius 3 is 2.93 bits per heavy atom. The summed E-state index contributed by atoms with van der Waals surface area (Å²) in [4.78, 5) is 14.5. The maximum absolute atomic E-state index is 11.5. The van der Waals surface area contributed by atoms with E-state index in [2.05, 4.69) is 18.8 Å². The van der Waals surface area contributed by atoms with Gasteiger partial charge in [0.15, 0.2) is 0 Å².